The molecule has 0 aliphatic rings. The fraction of sp³-hybridized carbons (Fsp3) is 0.231. The Morgan fingerprint density at radius 1 is 1.35 bits per heavy atom. The number of carbonyl (C=O) groups is 1. The van der Waals surface area contributed by atoms with Gasteiger partial charge in [0.15, 0.2) is 0 Å². The van der Waals surface area contributed by atoms with Crippen LogP contribution in [0.4, 0.5) is 0 Å². The largest absolute Gasteiger partial charge is 4.00 e. The third-order valence-electron chi connectivity index (χ3n) is 1.80. The summed E-state index contributed by atoms with van der Waals surface area (Å²) in [6, 6.07) is 6.04. The Balaban J connectivity index is -0.000000211. The monoisotopic (exact) mass is 364 g/mol. The molecule has 0 unspecified atom stereocenters. The Morgan fingerprint density at radius 3 is 2.29 bits per heavy atom. The number of rotatable bonds is 3. The van der Waals surface area contributed by atoms with Crippen molar-refractivity contribution in [3.8, 4) is 5.75 Å². The van der Waals surface area contributed by atoms with Gasteiger partial charge in [0, 0.05) is 12.2 Å². The van der Waals surface area contributed by atoms with Crippen LogP contribution >= 0.6 is 0 Å². The number of phenolic OH excluding ortho intramolecular Hbond substituents is 1. The molecule has 0 amide bonds. The molecule has 0 fully saturated rings. The maximum absolute atomic E-state index is 10.3. The van der Waals surface area contributed by atoms with Gasteiger partial charge < -0.3 is 32.5 Å². The summed E-state index contributed by atoms with van der Waals surface area (Å²) in [5.41, 5.74) is 1.61. The van der Waals surface area contributed by atoms with Crippen LogP contribution < -0.4 is 0 Å². The maximum atomic E-state index is 10.3. The minimum absolute atomic E-state index is 0. The van der Waals surface area contributed by atoms with Gasteiger partial charge in [-0.3, -0.25) is 4.79 Å². The molecule has 94 valence electrons. The first-order valence-electron chi connectivity index (χ1n) is 4.01. The third-order valence-corrected chi connectivity index (χ3v) is 1.80. The van der Waals surface area contributed by atoms with E-state index in [-0.39, 0.29) is 76.2 Å². The minimum Gasteiger partial charge on any atom is -0.534 e. The number of hydrogen-bond acceptors (Lipinski definition) is 2. The standard InChI is InChI=1S/C10H11O3.3CH3.Ce/c1-7-6-8(2-4-9(7)11)3-5-10(12)13;;;;/h2,6,11H,3,5H2,1H3,(H,12,13);3*1H3;/q4*-1;+4. The molecule has 1 aromatic carbocycles. The summed E-state index contributed by atoms with van der Waals surface area (Å²) in [6.07, 6.45) is 0.588. The van der Waals surface area contributed by atoms with Gasteiger partial charge in [0.2, 0.25) is 0 Å². The molecular formula is C13H20CeO3. The summed E-state index contributed by atoms with van der Waals surface area (Å²) >= 11 is 0. The van der Waals surface area contributed by atoms with E-state index in [0.29, 0.717) is 6.42 Å². The van der Waals surface area contributed by atoms with Crippen LogP contribution in [0.25, 0.3) is 0 Å². The van der Waals surface area contributed by atoms with E-state index >= 15 is 0 Å². The van der Waals surface area contributed by atoms with Crippen molar-refractivity contribution in [3.63, 3.8) is 0 Å². The van der Waals surface area contributed by atoms with Crippen molar-refractivity contribution in [1.82, 2.24) is 0 Å². The molecule has 0 spiro atoms. The average Bonchev–Trinajstić information content (AvgIpc) is 2.07. The van der Waals surface area contributed by atoms with Gasteiger partial charge in [-0.05, 0) is 0 Å². The molecule has 0 saturated carbocycles. The molecule has 0 radical (unpaired) electrons. The second kappa shape index (κ2) is 12.3. The Bertz CT molecular complexity index is 324. The smallest absolute Gasteiger partial charge is 0.534 e. The van der Waals surface area contributed by atoms with Crippen LogP contribution in [0.1, 0.15) is 17.5 Å². The van der Waals surface area contributed by atoms with Crippen molar-refractivity contribution in [3.05, 3.63) is 51.6 Å². The van der Waals surface area contributed by atoms with E-state index in [2.05, 4.69) is 6.07 Å². The normalized spacial score (nSPS) is 7.59. The second-order valence-electron chi connectivity index (χ2n) is 2.93. The van der Waals surface area contributed by atoms with Crippen LogP contribution in [-0.4, -0.2) is 16.2 Å². The van der Waals surface area contributed by atoms with E-state index in [1.165, 1.54) is 0 Å². The van der Waals surface area contributed by atoms with Crippen LogP contribution in [-0.2, 0) is 11.2 Å². The molecule has 1 aromatic rings. The molecule has 1 rings (SSSR count). The first-order chi connectivity index (χ1) is 6.09. The van der Waals surface area contributed by atoms with E-state index in [1.54, 1.807) is 19.1 Å². The van der Waals surface area contributed by atoms with Crippen molar-refractivity contribution in [2.75, 3.05) is 0 Å². The summed E-state index contributed by atoms with van der Waals surface area (Å²) in [7, 11) is 0. The van der Waals surface area contributed by atoms with E-state index in [1.807, 2.05) is 0 Å². The topological polar surface area (TPSA) is 57.5 Å². The van der Waals surface area contributed by atoms with Gasteiger partial charge in [0.25, 0.3) is 0 Å². The van der Waals surface area contributed by atoms with Gasteiger partial charge in [-0.2, -0.15) is 17.7 Å². The summed E-state index contributed by atoms with van der Waals surface area (Å²) in [6.45, 7) is 1.76. The molecule has 0 aliphatic carbocycles. The average molecular weight is 364 g/mol. The first-order valence-corrected chi connectivity index (χ1v) is 4.01. The van der Waals surface area contributed by atoms with Crippen molar-refractivity contribution in [2.45, 2.75) is 19.8 Å². The zero-order valence-electron chi connectivity index (χ0n) is 10.9. The number of aromatic hydroxyl groups is 1. The van der Waals surface area contributed by atoms with Crippen molar-refractivity contribution >= 4 is 5.97 Å². The van der Waals surface area contributed by atoms with Gasteiger partial charge in [-0.25, -0.2) is 0 Å². The number of phenols is 1. The van der Waals surface area contributed by atoms with Gasteiger partial charge in [0.1, 0.15) is 0 Å². The molecule has 4 heteroatoms. The van der Waals surface area contributed by atoms with Crippen LogP contribution in [0.15, 0.2) is 12.1 Å². The van der Waals surface area contributed by atoms with E-state index < -0.39 is 5.97 Å². The zero-order valence-corrected chi connectivity index (χ0v) is 14.0. The SMILES string of the molecule is Cc1cc(CCC(=O)O)c[c-]c1O.[CH3-].[CH3-].[CH3-].[Ce+4]. The number of carboxylic acids is 1. The molecule has 0 aromatic heterocycles. The first kappa shape index (κ1) is 25.6. The molecule has 0 aliphatic heterocycles. The van der Waals surface area contributed by atoms with Crippen LogP contribution in [0, 0.1) is 77.0 Å². The molecule has 0 bridgehead atoms. The molecule has 0 heterocycles. The van der Waals surface area contributed by atoms with E-state index in [0.717, 1.165) is 11.1 Å². The summed E-state index contributed by atoms with van der Waals surface area (Å²) in [4.78, 5) is 10.3. The molecule has 17 heavy (non-hydrogen) atoms. The van der Waals surface area contributed by atoms with E-state index in [9.17, 15) is 4.79 Å². The Morgan fingerprint density at radius 2 is 1.88 bits per heavy atom. The van der Waals surface area contributed by atoms with Crippen LogP contribution in [0.5, 0.6) is 5.75 Å². The quantitative estimate of drug-likeness (QED) is 0.811. The fourth-order valence-electron chi connectivity index (χ4n) is 1.06. The molecule has 0 atom stereocenters. The maximum Gasteiger partial charge on any atom is 4.00 e. The van der Waals surface area contributed by atoms with Gasteiger partial charge >= 0.3 is 47.7 Å². The van der Waals surface area contributed by atoms with Crippen LogP contribution in [0.2, 0.25) is 0 Å². The summed E-state index contributed by atoms with van der Waals surface area (Å²) in [5, 5.41) is 17.6. The number of hydrogen-bond donors (Lipinski definition) is 2. The summed E-state index contributed by atoms with van der Waals surface area (Å²) < 4.78 is 0. The van der Waals surface area contributed by atoms with Gasteiger partial charge in [0.05, 0.1) is 0 Å². The van der Waals surface area contributed by atoms with Gasteiger partial charge in [-0.1, -0.05) is 13.3 Å². The Kier molecular flexibility index (Phi) is 18.6. The number of aryl methyl sites for hydroxylation is 2. The number of carboxylic acid groups (broad SMARTS) is 1. The number of aliphatic carboxylic acids is 1. The minimum atomic E-state index is -0.814. The van der Waals surface area contributed by atoms with Gasteiger partial charge in [-0.15, -0.1) is 11.6 Å². The molecule has 0 saturated heterocycles. The molecule has 2 N–H and O–H groups in total. The van der Waals surface area contributed by atoms with Crippen molar-refractivity contribution in [2.24, 2.45) is 0 Å². The predicted octanol–water partition coefficient (Wildman–Crippen LogP) is 2.87. The molecule has 3 nitrogen and oxygen atoms in total. The zero-order chi connectivity index (χ0) is 9.84. The Hall–Kier alpha value is -0.133. The van der Waals surface area contributed by atoms with Crippen LogP contribution in [0.3, 0.4) is 0 Å². The predicted molar refractivity (Wildman–Crippen MR) is 66.9 cm³/mol. The fourth-order valence-corrected chi connectivity index (χ4v) is 1.06. The third kappa shape index (κ3) is 9.56. The second-order valence-corrected chi connectivity index (χ2v) is 2.93. The van der Waals surface area contributed by atoms with E-state index in [4.69, 9.17) is 10.2 Å². The summed E-state index contributed by atoms with van der Waals surface area (Å²) in [5.74, 6) is -0.690. The molecular weight excluding hydrogens is 344 g/mol. The van der Waals surface area contributed by atoms with Crippen molar-refractivity contribution in [1.29, 1.82) is 0 Å². The van der Waals surface area contributed by atoms with Crippen molar-refractivity contribution < 1.29 is 56.8 Å². The Labute approximate surface area is 139 Å². The number of benzene rings is 1.